The van der Waals surface area contributed by atoms with Crippen molar-refractivity contribution in [2.24, 2.45) is 0 Å². The summed E-state index contributed by atoms with van der Waals surface area (Å²) in [5.41, 5.74) is 4.73. The number of hydrogen-bond acceptors (Lipinski definition) is 4. The van der Waals surface area contributed by atoms with Gasteiger partial charge < -0.3 is 19.6 Å². The third-order valence-electron chi connectivity index (χ3n) is 7.00. The number of aryl methyl sites for hydroxylation is 1. The average molecular weight is 419 g/mol. The van der Waals surface area contributed by atoms with Gasteiger partial charge in [0, 0.05) is 51.0 Å². The van der Waals surface area contributed by atoms with Crippen LogP contribution in [0.1, 0.15) is 45.5 Å². The normalized spacial score (nSPS) is 21.1. The summed E-state index contributed by atoms with van der Waals surface area (Å²) in [7, 11) is 2.04. The average Bonchev–Trinajstić information content (AvgIpc) is 2.82. The van der Waals surface area contributed by atoms with Crippen LogP contribution in [0.4, 0.5) is 11.4 Å². The van der Waals surface area contributed by atoms with Gasteiger partial charge in [-0.15, -0.1) is 0 Å². The van der Waals surface area contributed by atoms with E-state index < -0.39 is 0 Å². The van der Waals surface area contributed by atoms with Crippen LogP contribution in [0.25, 0.3) is 0 Å². The number of nitrogens with zero attached hydrogens (tertiary/aromatic N) is 4. The van der Waals surface area contributed by atoms with E-state index in [4.69, 9.17) is 0 Å². The summed E-state index contributed by atoms with van der Waals surface area (Å²) in [6.45, 7) is 5.98. The molecule has 0 N–H and O–H groups in total. The molecule has 6 heteroatoms. The fourth-order valence-electron chi connectivity index (χ4n) is 5.11. The van der Waals surface area contributed by atoms with E-state index in [-0.39, 0.29) is 18.0 Å². The van der Waals surface area contributed by atoms with Gasteiger partial charge in [-0.3, -0.25) is 9.59 Å². The molecule has 0 spiro atoms. The van der Waals surface area contributed by atoms with Crippen molar-refractivity contribution in [1.29, 1.82) is 0 Å². The molecule has 5 rings (SSSR count). The Hall–Kier alpha value is -3.02. The van der Waals surface area contributed by atoms with Crippen molar-refractivity contribution in [3.63, 3.8) is 0 Å². The van der Waals surface area contributed by atoms with E-state index in [2.05, 4.69) is 41.0 Å². The standard InChI is InChI=1S/C25H30N4O2/c1-18-6-9-20(10-7-18)27-13-15-28(16-14-27)24(30)19-8-11-21-22(17-19)26(2)23-5-3-4-12-29(23)25(21)31/h6-11,17,23H,3-5,12-16H2,1-2H3/t23-/m1/s1. The van der Waals surface area contributed by atoms with Crippen molar-refractivity contribution in [3.8, 4) is 0 Å². The Balaban J connectivity index is 1.31. The van der Waals surface area contributed by atoms with Crippen molar-refractivity contribution in [2.75, 3.05) is 49.6 Å². The molecular formula is C25H30N4O2. The number of piperazine rings is 1. The number of benzene rings is 2. The second kappa shape index (κ2) is 7.91. The number of rotatable bonds is 2. The van der Waals surface area contributed by atoms with Crippen molar-refractivity contribution in [3.05, 3.63) is 59.2 Å². The lowest BCUT2D eigenvalue weighted by Crippen LogP contribution is -2.56. The summed E-state index contributed by atoms with van der Waals surface area (Å²) < 4.78 is 0. The van der Waals surface area contributed by atoms with Gasteiger partial charge in [-0.2, -0.15) is 0 Å². The first-order chi connectivity index (χ1) is 15.0. The molecule has 0 aromatic heterocycles. The fraction of sp³-hybridized carbons (Fsp3) is 0.440. The minimum atomic E-state index is 0.0540. The summed E-state index contributed by atoms with van der Waals surface area (Å²) in [4.78, 5) is 34.6. The predicted molar refractivity (Wildman–Crippen MR) is 123 cm³/mol. The molecule has 2 aromatic rings. The Kier molecular flexibility index (Phi) is 5.08. The first kappa shape index (κ1) is 19.9. The topological polar surface area (TPSA) is 47.1 Å². The molecule has 162 valence electrons. The van der Waals surface area contributed by atoms with Crippen molar-refractivity contribution in [1.82, 2.24) is 9.80 Å². The minimum absolute atomic E-state index is 0.0540. The highest BCUT2D eigenvalue weighted by Gasteiger charge is 2.37. The van der Waals surface area contributed by atoms with Crippen LogP contribution in [0.5, 0.6) is 0 Å². The largest absolute Gasteiger partial charge is 0.368 e. The quantitative estimate of drug-likeness (QED) is 0.750. The minimum Gasteiger partial charge on any atom is -0.368 e. The van der Waals surface area contributed by atoms with Gasteiger partial charge in [-0.05, 0) is 56.5 Å². The summed E-state index contributed by atoms with van der Waals surface area (Å²) in [5.74, 6) is 0.154. The number of hydrogen-bond donors (Lipinski definition) is 0. The summed E-state index contributed by atoms with van der Waals surface area (Å²) >= 11 is 0. The van der Waals surface area contributed by atoms with E-state index in [0.29, 0.717) is 24.2 Å². The number of fused-ring (bicyclic) bond motifs is 2. The molecular weight excluding hydrogens is 388 g/mol. The van der Waals surface area contributed by atoms with Gasteiger partial charge in [-0.25, -0.2) is 0 Å². The fourth-order valence-corrected chi connectivity index (χ4v) is 5.11. The molecule has 2 saturated heterocycles. The van der Waals surface area contributed by atoms with Crippen LogP contribution in [0.15, 0.2) is 42.5 Å². The lowest BCUT2D eigenvalue weighted by atomic mass is 9.97. The molecule has 0 aliphatic carbocycles. The Morgan fingerprint density at radius 3 is 2.42 bits per heavy atom. The number of piperidine rings is 1. The molecule has 0 bridgehead atoms. The number of anilines is 2. The highest BCUT2D eigenvalue weighted by atomic mass is 16.2. The van der Waals surface area contributed by atoms with E-state index in [1.54, 1.807) is 0 Å². The van der Waals surface area contributed by atoms with Gasteiger partial charge in [0.2, 0.25) is 0 Å². The molecule has 6 nitrogen and oxygen atoms in total. The molecule has 0 saturated carbocycles. The number of carbonyl (C=O) groups is 2. The summed E-state index contributed by atoms with van der Waals surface area (Å²) in [5, 5.41) is 0. The Bertz CT molecular complexity index is 995. The molecule has 2 fully saturated rings. The smallest absolute Gasteiger partial charge is 0.257 e. The maximum absolute atomic E-state index is 13.2. The van der Waals surface area contributed by atoms with Gasteiger partial charge in [-0.1, -0.05) is 17.7 Å². The predicted octanol–water partition coefficient (Wildman–Crippen LogP) is 3.36. The zero-order valence-electron chi connectivity index (χ0n) is 18.4. The van der Waals surface area contributed by atoms with E-state index in [0.717, 1.165) is 44.6 Å². The van der Waals surface area contributed by atoms with Crippen LogP contribution < -0.4 is 9.80 Å². The monoisotopic (exact) mass is 418 g/mol. The van der Waals surface area contributed by atoms with Crippen LogP contribution in [0.2, 0.25) is 0 Å². The highest BCUT2D eigenvalue weighted by molar-refractivity contribution is 6.04. The molecule has 31 heavy (non-hydrogen) atoms. The van der Waals surface area contributed by atoms with Crippen LogP contribution in [0.3, 0.4) is 0 Å². The SMILES string of the molecule is Cc1ccc(N2CCN(C(=O)c3ccc4c(c3)N(C)[C@H]3CCCCN3C4=O)CC2)cc1. The van der Waals surface area contributed by atoms with Crippen molar-refractivity contribution >= 4 is 23.2 Å². The van der Waals surface area contributed by atoms with Gasteiger partial charge >= 0.3 is 0 Å². The molecule has 0 unspecified atom stereocenters. The number of amides is 2. The molecule has 3 aliphatic heterocycles. The van der Waals surface area contributed by atoms with Crippen molar-refractivity contribution < 1.29 is 9.59 Å². The zero-order chi connectivity index (χ0) is 21.5. The lowest BCUT2D eigenvalue weighted by Gasteiger charge is -2.46. The Morgan fingerprint density at radius 2 is 1.68 bits per heavy atom. The van der Waals surface area contributed by atoms with Crippen molar-refractivity contribution in [2.45, 2.75) is 32.4 Å². The first-order valence-electron chi connectivity index (χ1n) is 11.3. The van der Waals surface area contributed by atoms with E-state index in [9.17, 15) is 9.59 Å². The Labute approximate surface area is 184 Å². The highest BCUT2D eigenvalue weighted by Crippen LogP contribution is 2.35. The molecule has 1 atom stereocenters. The zero-order valence-corrected chi connectivity index (χ0v) is 18.4. The van der Waals surface area contributed by atoms with Gasteiger partial charge in [0.1, 0.15) is 6.17 Å². The van der Waals surface area contributed by atoms with Gasteiger partial charge in [0.25, 0.3) is 11.8 Å². The van der Waals surface area contributed by atoms with Gasteiger partial charge in [0.15, 0.2) is 0 Å². The van der Waals surface area contributed by atoms with E-state index >= 15 is 0 Å². The molecule has 3 heterocycles. The van der Waals surface area contributed by atoms with Crippen LogP contribution in [0, 0.1) is 6.92 Å². The number of carbonyl (C=O) groups excluding carboxylic acids is 2. The molecule has 0 radical (unpaired) electrons. The third kappa shape index (κ3) is 3.54. The first-order valence-corrected chi connectivity index (χ1v) is 11.3. The summed E-state index contributed by atoms with van der Waals surface area (Å²) in [6.07, 6.45) is 3.30. The van der Waals surface area contributed by atoms with E-state index in [1.165, 1.54) is 11.3 Å². The van der Waals surface area contributed by atoms with Gasteiger partial charge in [0.05, 0.1) is 11.3 Å². The molecule has 3 aliphatic rings. The van der Waals surface area contributed by atoms with Crippen LogP contribution >= 0.6 is 0 Å². The second-order valence-corrected chi connectivity index (χ2v) is 8.93. The molecule has 2 aromatic carbocycles. The van der Waals surface area contributed by atoms with E-state index in [1.807, 2.05) is 35.0 Å². The maximum atomic E-state index is 13.2. The molecule has 2 amide bonds. The second-order valence-electron chi connectivity index (χ2n) is 8.93. The van der Waals surface area contributed by atoms with Crippen LogP contribution in [-0.4, -0.2) is 67.6 Å². The third-order valence-corrected chi connectivity index (χ3v) is 7.00. The maximum Gasteiger partial charge on any atom is 0.257 e. The van der Waals surface area contributed by atoms with Crippen LogP contribution in [-0.2, 0) is 0 Å². The summed E-state index contributed by atoms with van der Waals surface area (Å²) in [6, 6.07) is 14.2. The lowest BCUT2D eigenvalue weighted by molar-refractivity contribution is 0.0588. The Morgan fingerprint density at radius 1 is 0.935 bits per heavy atom.